The van der Waals surface area contributed by atoms with E-state index in [9.17, 15) is 9.59 Å². The molecular weight excluding hydrogens is 366 g/mol. The van der Waals surface area contributed by atoms with Gasteiger partial charge in [-0.05, 0) is 36.8 Å². The van der Waals surface area contributed by atoms with Crippen molar-refractivity contribution in [3.8, 4) is 11.4 Å². The largest absolute Gasteiger partial charge is 0.320 e. The van der Waals surface area contributed by atoms with Crippen LogP contribution < -0.4 is 10.9 Å². The molecule has 1 amide bonds. The van der Waals surface area contributed by atoms with Crippen LogP contribution in [0.3, 0.4) is 0 Å². The van der Waals surface area contributed by atoms with Gasteiger partial charge in [-0.2, -0.15) is 5.10 Å². The Morgan fingerprint density at radius 1 is 1.00 bits per heavy atom. The van der Waals surface area contributed by atoms with Crippen LogP contribution in [0, 0.1) is 6.92 Å². The normalized spacial score (nSPS) is 10.8. The summed E-state index contributed by atoms with van der Waals surface area (Å²) in [6, 6.07) is 19.0. The van der Waals surface area contributed by atoms with E-state index in [1.807, 2.05) is 73.8 Å². The lowest BCUT2D eigenvalue weighted by Crippen LogP contribution is -2.23. The van der Waals surface area contributed by atoms with Crippen molar-refractivity contribution in [2.45, 2.75) is 13.3 Å². The first-order chi connectivity index (χ1) is 14.0. The number of hydrogen-bond acceptors (Lipinski definition) is 3. The predicted octanol–water partition coefficient (Wildman–Crippen LogP) is 2.85. The van der Waals surface area contributed by atoms with Crippen LogP contribution in [0.5, 0.6) is 0 Å². The number of benzene rings is 2. The highest BCUT2D eigenvalue weighted by atomic mass is 16.2. The van der Waals surface area contributed by atoms with E-state index in [4.69, 9.17) is 0 Å². The van der Waals surface area contributed by atoms with Crippen LogP contribution in [-0.2, 0) is 18.3 Å². The van der Waals surface area contributed by atoms with Crippen molar-refractivity contribution in [3.63, 3.8) is 0 Å². The monoisotopic (exact) mass is 387 g/mol. The standard InChI is InChI=1S/C22H21N5O2/c1-16-21(22(29)27(25(16)2)19-11-7-4-8-12-19)24-20(28)13-17-14-23-26(15-17)18-9-5-3-6-10-18/h3-12,14-15H,13H2,1-2H3,(H,24,28). The Bertz CT molecular complexity index is 1200. The molecule has 0 unspecified atom stereocenters. The number of hydrogen-bond donors (Lipinski definition) is 1. The van der Waals surface area contributed by atoms with E-state index in [1.165, 1.54) is 0 Å². The van der Waals surface area contributed by atoms with Gasteiger partial charge in [0.1, 0.15) is 5.69 Å². The predicted molar refractivity (Wildman–Crippen MR) is 112 cm³/mol. The second-order valence-electron chi connectivity index (χ2n) is 6.79. The van der Waals surface area contributed by atoms with Gasteiger partial charge in [0.25, 0.3) is 5.56 Å². The number of nitrogens with zero attached hydrogens (tertiary/aromatic N) is 4. The van der Waals surface area contributed by atoms with Crippen LogP contribution in [0.15, 0.2) is 77.9 Å². The Kier molecular flexibility index (Phi) is 4.87. The molecule has 0 spiro atoms. The zero-order valence-corrected chi connectivity index (χ0v) is 16.2. The minimum absolute atomic E-state index is 0.131. The zero-order chi connectivity index (χ0) is 20.4. The highest BCUT2D eigenvalue weighted by molar-refractivity contribution is 5.92. The fraction of sp³-hybridized carbons (Fsp3) is 0.136. The van der Waals surface area contributed by atoms with Crippen molar-refractivity contribution in [2.24, 2.45) is 7.05 Å². The Hall–Kier alpha value is -3.87. The second kappa shape index (κ2) is 7.63. The number of aromatic nitrogens is 4. The van der Waals surface area contributed by atoms with Crippen molar-refractivity contribution in [2.75, 3.05) is 5.32 Å². The van der Waals surface area contributed by atoms with E-state index < -0.39 is 0 Å². The molecule has 4 rings (SSSR count). The SMILES string of the molecule is Cc1c(NC(=O)Cc2cnn(-c3ccccc3)c2)c(=O)n(-c2ccccc2)n1C. The molecule has 2 heterocycles. The molecule has 7 heteroatoms. The van der Waals surface area contributed by atoms with Gasteiger partial charge in [-0.1, -0.05) is 36.4 Å². The van der Waals surface area contributed by atoms with Crippen molar-refractivity contribution in [1.82, 2.24) is 19.1 Å². The molecule has 0 atom stereocenters. The summed E-state index contributed by atoms with van der Waals surface area (Å²) in [5.41, 5.74) is 3.15. The average Bonchev–Trinajstić information content (AvgIpc) is 3.28. The van der Waals surface area contributed by atoms with Crippen molar-refractivity contribution in [3.05, 3.63) is 94.7 Å². The maximum atomic E-state index is 12.9. The molecule has 29 heavy (non-hydrogen) atoms. The molecule has 0 saturated heterocycles. The number of carbonyl (C=O) groups is 1. The smallest absolute Gasteiger partial charge is 0.295 e. The molecule has 0 saturated carbocycles. The number of para-hydroxylation sites is 2. The van der Waals surface area contributed by atoms with Gasteiger partial charge in [-0.3, -0.25) is 14.3 Å². The highest BCUT2D eigenvalue weighted by Crippen LogP contribution is 2.15. The molecule has 2 aromatic carbocycles. The first kappa shape index (κ1) is 18.5. The fourth-order valence-electron chi connectivity index (χ4n) is 3.25. The fourth-order valence-corrected chi connectivity index (χ4v) is 3.25. The third-order valence-corrected chi connectivity index (χ3v) is 4.84. The number of amides is 1. The number of anilines is 1. The molecule has 0 aliphatic heterocycles. The number of nitrogens with one attached hydrogen (secondary N) is 1. The van der Waals surface area contributed by atoms with Crippen molar-refractivity contribution >= 4 is 11.6 Å². The van der Waals surface area contributed by atoms with E-state index in [-0.39, 0.29) is 23.6 Å². The van der Waals surface area contributed by atoms with E-state index in [1.54, 1.807) is 27.3 Å². The molecule has 4 aromatic rings. The van der Waals surface area contributed by atoms with E-state index in [0.717, 1.165) is 16.9 Å². The van der Waals surface area contributed by atoms with Gasteiger partial charge in [0.05, 0.1) is 29.7 Å². The lowest BCUT2D eigenvalue weighted by Gasteiger charge is -2.07. The molecule has 1 N–H and O–H groups in total. The Labute approximate surface area is 167 Å². The lowest BCUT2D eigenvalue weighted by atomic mass is 10.2. The lowest BCUT2D eigenvalue weighted by molar-refractivity contribution is -0.115. The van der Waals surface area contributed by atoms with Crippen LogP contribution in [0.1, 0.15) is 11.3 Å². The van der Waals surface area contributed by atoms with E-state index in [2.05, 4.69) is 10.4 Å². The minimum atomic E-state index is -0.261. The molecule has 0 radical (unpaired) electrons. The maximum Gasteiger partial charge on any atom is 0.295 e. The molecule has 7 nitrogen and oxygen atoms in total. The van der Waals surface area contributed by atoms with Crippen LogP contribution in [0.25, 0.3) is 11.4 Å². The number of rotatable bonds is 5. The van der Waals surface area contributed by atoms with Crippen LogP contribution in [-0.4, -0.2) is 25.1 Å². The van der Waals surface area contributed by atoms with Crippen LogP contribution >= 0.6 is 0 Å². The van der Waals surface area contributed by atoms with E-state index >= 15 is 0 Å². The summed E-state index contributed by atoms with van der Waals surface area (Å²) in [6.07, 6.45) is 3.60. The molecule has 0 aliphatic rings. The molecule has 2 aromatic heterocycles. The Morgan fingerprint density at radius 2 is 1.62 bits per heavy atom. The highest BCUT2D eigenvalue weighted by Gasteiger charge is 2.18. The average molecular weight is 387 g/mol. The Morgan fingerprint density at radius 3 is 2.28 bits per heavy atom. The van der Waals surface area contributed by atoms with Crippen LogP contribution in [0.4, 0.5) is 5.69 Å². The van der Waals surface area contributed by atoms with Gasteiger partial charge in [0.15, 0.2) is 0 Å². The van der Waals surface area contributed by atoms with Gasteiger partial charge < -0.3 is 5.32 Å². The quantitative estimate of drug-likeness (QED) is 0.572. The summed E-state index contributed by atoms with van der Waals surface area (Å²) < 4.78 is 5.00. The third kappa shape index (κ3) is 3.62. The zero-order valence-electron chi connectivity index (χ0n) is 16.2. The first-order valence-electron chi connectivity index (χ1n) is 9.27. The van der Waals surface area contributed by atoms with Gasteiger partial charge >= 0.3 is 0 Å². The summed E-state index contributed by atoms with van der Waals surface area (Å²) in [4.78, 5) is 25.5. The second-order valence-corrected chi connectivity index (χ2v) is 6.79. The topological polar surface area (TPSA) is 73.8 Å². The van der Waals surface area contributed by atoms with Gasteiger partial charge in [-0.15, -0.1) is 0 Å². The first-order valence-corrected chi connectivity index (χ1v) is 9.27. The maximum absolute atomic E-state index is 12.9. The summed E-state index contributed by atoms with van der Waals surface area (Å²) in [6.45, 7) is 1.81. The van der Waals surface area contributed by atoms with E-state index in [0.29, 0.717) is 5.69 Å². The molecule has 146 valence electrons. The summed E-state index contributed by atoms with van der Waals surface area (Å²) in [5, 5.41) is 7.08. The molecular formula is C22H21N5O2. The van der Waals surface area contributed by atoms with Crippen molar-refractivity contribution < 1.29 is 4.79 Å². The molecule has 0 aliphatic carbocycles. The van der Waals surface area contributed by atoms with Gasteiger partial charge in [0.2, 0.25) is 5.91 Å². The van der Waals surface area contributed by atoms with Gasteiger partial charge in [-0.25, -0.2) is 9.36 Å². The summed E-state index contributed by atoms with van der Waals surface area (Å²) in [7, 11) is 1.79. The number of carbonyl (C=O) groups excluding carboxylic acids is 1. The minimum Gasteiger partial charge on any atom is -0.320 e. The molecule has 0 fully saturated rings. The third-order valence-electron chi connectivity index (χ3n) is 4.84. The summed E-state index contributed by atoms with van der Waals surface area (Å²) in [5.74, 6) is -0.261. The van der Waals surface area contributed by atoms with Crippen molar-refractivity contribution in [1.29, 1.82) is 0 Å². The van der Waals surface area contributed by atoms with Crippen LogP contribution in [0.2, 0.25) is 0 Å². The van der Waals surface area contributed by atoms with Gasteiger partial charge in [0, 0.05) is 13.2 Å². The Balaban J connectivity index is 1.54. The molecule has 0 bridgehead atoms. The summed E-state index contributed by atoms with van der Waals surface area (Å²) >= 11 is 0.